The van der Waals surface area contributed by atoms with Crippen LogP contribution in [0.3, 0.4) is 0 Å². The summed E-state index contributed by atoms with van der Waals surface area (Å²) in [5.74, 6) is 0.617. The topological polar surface area (TPSA) is 30.5 Å². The molecule has 3 nitrogen and oxygen atoms in total. The number of methoxy groups -OCH3 is 1. The molecule has 0 aromatic carbocycles. The number of hydrogen-bond donors (Lipinski definition) is 1. The van der Waals surface area contributed by atoms with Crippen molar-refractivity contribution in [1.82, 2.24) is 5.32 Å². The second-order valence-corrected chi connectivity index (χ2v) is 5.02. The molecular formula is C14H29NO2. The van der Waals surface area contributed by atoms with Gasteiger partial charge in [-0.2, -0.15) is 0 Å². The molecule has 1 N–H and O–H groups in total. The molecule has 0 amide bonds. The van der Waals surface area contributed by atoms with Gasteiger partial charge in [-0.15, -0.1) is 0 Å². The van der Waals surface area contributed by atoms with Gasteiger partial charge in [-0.1, -0.05) is 20.3 Å². The van der Waals surface area contributed by atoms with E-state index < -0.39 is 0 Å². The Balaban J connectivity index is 2.55. The van der Waals surface area contributed by atoms with Crippen LogP contribution in [0.5, 0.6) is 0 Å². The van der Waals surface area contributed by atoms with E-state index in [-0.39, 0.29) is 0 Å². The van der Waals surface area contributed by atoms with Crippen LogP contribution in [-0.4, -0.2) is 39.0 Å². The van der Waals surface area contributed by atoms with E-state index in [4.69, 9.17) is 9.47 Å². The van der Waals surface area contributed by atoms with Crippen molar-refractivity contribution in [3.63, 3.8) is 0 Å². The largest absolute Gasteiger partial charge is 0.381 e. The van der Waals surface area contributed by atoms with E-state index in [1.165, 1.54) is 25.7 Å². The van der Waals surface area contributed by atoms with Crippen molar-refractivity contribution in [3.05, 3.63) is 0 Å². The maximum absolute atomic E-state index is 5.69. The first kappa shape index (κ1) is 14.9. The van der Waals surface area contributed by atoms with Crippen molar-refractivity contribution in [2.75, 3.05) is 26.9 Å². The summed E-state index contributed by atoms with van der Waals surface area (Å²) in [6.45, 7) is 7.33. The smallest absolute Gasteiger partial charge is 0.0727 e. The molecule has 102 valence electrons. The zero-order chi connectivity index (χ0) is 12.5. The molecule has 1 heterocycles. The van der Waals surface area contributed by atoms with Gasteiger partial charge in [0.05, 0.1) is 12.7 Å². The van der Waals surface area contributed by atoms with Crippen LogP contribution in [0.25, 0.3) is 0 Å². The average molecular weight is 243 g/mol. The minimum atomic E-state index is 0.332. The molecule has 1 rings (SSSR count). The van der Waals surface area contributed by atoms with Gasteiger partial charge < -0.3 is 14.8 Å². The highest BCUT2D eigenvalue weighted by molar-refractivity contribution is 4.85. The highest BCUT2D eigenvalue weighted by atomic mass is 16.5. The van der Waals surface area contributed by atoms with Gasteiger partial charge in [0.1, 0.15) is 0 Å². The highest BCUT2D eigenvalue weighted by Crippen LogP contribution is 2.23. The fraction of sp³-hybridized carbons (Fsp3) is 1.00. The molecule has 3 atom stereocenters. The molecule has 17 heavy (non-hydrogen) atoms. The summed E-state index contributed by atoms with van der Waals surface area (Å²) >= 11 is 0. The molecule has 3 heteroatoms. The Kier molecular flexibility index (Phi) is 7.82. The predicted octanol–water partition coefficient (Wildman–Crippen LogP) is 2.60. The van der Waals surface area contributed by atoms with Crippen molar-refractivity contribution in [1.29, 1.82) is 0 Å². The second kappa shape index (κ2) is 8.90. The van der Waals surface area contributed by atoms with E-state index in [1.807, 2.05) is 7.11 Å². The summed E-state index contributed by atoms with van der Waals surface area (Å²) in [5, 5.41) is 3.67. The number of ether oxygens (including phenoxy) is 2. The first-order valence-corrected chi connectivity index (χ1v) is 7.17. The zero-order valence-electron chi connectivity index (χ0n) is 11.7. The van der Waals surface area contributed by atoms with Gasteiger partial charge in [-0.05, 0) is 32.2 Å². The molecule has 1 fully saturated rings. The van der Waals surface area contributed by atoms with Crippen LogP contribution in [0.2, 0.25) is 0 Å². The molecular weight excluding hydrogens is 214 g/mol. The Morgan fingerprint density at radius 3 is 2.71 bits per heavy atom. The zero-order valence-corrected chi connectivity index (χ0v) is 11.7. The molecule has 1 saturated heterocycles. The maximum Gasteiger partial charge on any atom is 0.0727 e. The van der Waals surface area contributed by atoms with Crippen molar-refractivity contribution < 1.29 is 9.47 Å². The Hall–Kier alpha value is -0.120. The third-order valence-corrected chi connectivity index (χ3v) is 3.61. The average Bonchev–Trinajstić information content (AvgIpc) is 2.39. The molecule has 0 radical (unpaired) electrons. The maximum atomic E-state index is 5.69. The molecule has 0 spiro atoms. The number of hydrogen-bond acceptors (Lipinski definition) is 3. The lowest BCUT2D eigenvalue weighted by Crippen LogP contribution is -2.49. The van der Waals surface area contributed by atoms with E-state index >= 15 is 0 Å². The van der Waals surface area contributed by atoms with Gasteiger partial charge in [-0.25, -0.2) is 0 Å². The third-order valence-electron chi connectivity index (χ3n) is 3.61. The minimum absolute atomic E-state index is 0.332. The fourth-order valence-electron chi connectivity index (χ4n) is 2.69. The van der Waals surface area contributed by atoms with Crippen molar-refractivity contribution in [3.8, 4) is 0 Å². The SMILES string of the molecule is CCCNC(C1CCCOC1)C(CCC)OC. The molecule has 0 bridgehead atoms. The van der Waals surface area contributed by atoms with Gasteiger partial charge in [0, 0.05) is 25.7 Å². The van der Waals surface area contributed by atoms with Crippen molar-refractivity contribution in [2.45, 2.75) is 58.1 Å². The van der Waals surface area contributed by atoms with Gasteiger partial charge in [-0.3, -0.25) is 0 Å². The number of rotatable bonds is 8. The molecule has 1 aliphatic heterocycles. The molecule has 0 saturated carbocycles. The summed E-state index contributed by atoms with van der Waals surface area (Å²) in [7, 11) is 1.84. The van der Waals surface area contributed by atoms with Crippen LogP contribution < -0.4 is 5.32 Å². The third kappa shape index (κ3) is 4.94. The summed E-state index contributed by atoms with van der Waals surface area (Å²) < 4.78 is 11.3. The van der Waals surface area contributed by atoms with Crippen molar-refractivity contribution >= 4 is 0 Å². The monoisotopic (exact) mass is 243 g/mol. The van der Waals surface area contributed by atoms with Crippen molar-refractivity contribution in [2.24, 2.45) is 5.92 Å². The first-order chi connectivity index (χ1) is 8.33. The van der Waals surface area contributed by atoms with Crippen LogP contribution in [0.1, 0.15) is 46.0 Å². The summed E-state index contributed by atoms with van der Waals surface area (Å²) in [4.78, 5) is 0. The van der Waals surface area contributed by atoms with E-state index in [0.717, 1.165) is 26.2 Å². The Morgan fingerprint density at radius 2 is 2.18 bits per heavy atom. The molecule has 0 aromatic rings. The molecule has 0 aromatic heterocycles. The Labute approximate surface area is 106 Å². The lowest BCUT2D eigenvalue weighted by atomic mass is 9.88. The van der Waals surface area contributed by atoms with E-state index in [1.54, 1.807) is 0 Å². The lowest BCUT2D eigenvalue weighted by Gasteiger charge is -2.35. The van der Waals surface area contributed by atoms with Crippen LogP contribution in [0, 0.1) is 5.92 Å². The van der Waals surface area contributed by atoms with Gasteiger partial charge in [0.25, 0.3) is 0 Å². The quantitative estimate of drug-likeness (QED) is 0.711. The van der Waals surface area contributed by atoms with Gasteiger partial charge in [0.2, 0.25) is 0 Å². The van der Waals surface area contributed by atoms with Crippen LogP contribution in [0.4, 0.5) is 0 Å². The number of nitrogens with one attached hydrogen (secondary N) is 1. The van der Waals surface area contributed by atoms with Crippen LogP contribution >= 0.6 is 0 Å². The second-order valence-electron chi connectivity index (χ2n) is 5.02. The highest BCUT2D eigenvalue weighted by Gasteiger charge is 2.30. The first-order valence-electron chi connectivity index (χ1n) is 7.17. The van der Waals surface area contributed by atoms with E-state index in [0.29, 0.717) is 18.1 Å². The van der Waals surface area contributed by atoms with E-state index in [2.05, 4.69) is 19.2 Å². The Bertz CT molecular complexity index is 176. The van der Waals surface area contributed by atoms with Gasteiger partial charge >= 0.3 is 0 Å². The molecule has 3 unspecified atom stereocenters. The molecule has 1 aliphatic rings. The van der Waals surface area contributed by atoms with Crippen LogP contribution in [-0.2, 0) is 9.47 Å². The summed E-state index contributed by atoms with van der Waals surface area (Å²) in [6, 6.07) is 0.459. The Morgan fingerprint density at radius 1 is 1.35 bits per heavy atom. The normalized spacial score (nSPS) is 24.5. The minimum Gasteiger partial charge on any atom is -0.381 e. The van der Waals surface area contributed by atoms with Crippen LogP contribution in [0.15, 0.2) is 0 Å². The predicted molar refractivity (Wildman–Crippen MR) is 71.3 cm³/mol. The lowest BCUT2D eigenvalue weighted by molar-refractivity contribution is -0.0122. The van der Waals surface area contributed by atoms with Gasteiger partial charge in [0.15, 0.2) is 0 Å². The van der Waals surface area contributed by atoms with E-state index in [9.17, 15) is 0 Å². The molecule has 0 aliphatic carbocycles. The summed E-state index contributed by atoms with van der Waals surface area (Å²) in [6.07, 6.45) is 6.28. The summed E-state index contributed by atoms with van der Waals surface area (Å²) in [5.41, 5.74) is 0. The standard InChI is InChI=1S/C14H29NO2/c1-4-7-13(16-3)14(15-9-5-2)12-8-6-10-17-11-12/h12-15H,4-11H2,1-3H3. The fourth-order valence-corrected chi connectivity index (χ4v) is 2.69.